The van der Waals surface area contributed by atoms with Crippen molar-refractivity contribution in [2.24, 2.45) is 0 Å². The van der Waals surface area contributed by atoms with Crippen LogP contribution >= 0.6 is 0 Å². The van der Waals surface area contributed by atoms with E-state index >= 15 is 0 Å². The second-order valence-electron chi connectivity index (χ2n) is 6.25. The highest BCUT2D eigenvalue weighted by molar-refractivity contribution is 5.40. The predicted octanol–water partition coefficient (Wildman–Crippen LogP) is 4.05. The Morgan fingerprint density at radius 1 is 1.00 bits per heavy atom. The normalized spacial score (nSPS) is 14.6. The van der Waals surface area contributed by atoms with Gasteiger partial charge in [0.2, 0.25) is 0 Å². The van der Waals surface area contributed by atoms with E-state index in [1.54, 1.807) is 0 Å². The fourth-order valence-corrected chi connectivity index (χ4v) is 2.98. The number of anilines is 1. The van der Waals surface area contributed by atoms with Crippen molar-refractivity contribution in [3.63, 3.8) is 0 Å². The molecule has 1 fully saturated rings. The summed E-state index contributed by atoms with van der Waals surface area (Å²) in [6.45, 7) is 6.46. The summed E-state index contributed by atoms with van der Waals surface area (Å²) < 4.78 is 0. The van der Waals surface area contributed by atoms with Crippen molar-refractivity contribution in [2.75, 3.05) is 5.73 Å². The van der Waals surface area contributed by atoms with Crippen LogP contribution in [-0.4, -0.2) is 10.9 Å². The maximum Gasteiger partial charge on any atom is 0.0317 e. The fraction of sp³-hybridized carbons (Fsp3) is 0.368. The molecule has 1 saturated carbocycles. The maximum atomic E-state index is 5.91. The monoisotopic (exact) mass is 280 g/mol. The van der Waals surface area contributed by atoms with Crippen LogP contribution in [0.3, 0.4) is 0 Å². The van der Waals surface area contributed by atoms with Gasteiger partial charge in [0.15, 0.2) is 0 Å². The summed E-state index contributed by atoms with van der Waals surface area (Å²) in [6.07, 6.45) is 2.65. The van der Waals surface area contributed by atoms with Crippen molar-refractivity contribution in [2.45, 2.75) is 45.8 Å². The summed E-state index contributed by atoms with van der Waals surface area (Å²) in [5.41, 5.74) is 12.4. The lowest BCUT2D eigenvalue weighted by Crippen LogP contribution is -2.26. The standard InChI is InChI=1S/C19H24N2/c1-14-5-3-6-15(2)19(14)13-21(18-9-10-18)12-16-7-4-8-17(20)11-16/h3-8,11,18H,9-10,12-13,20H2,1-2H3. The molecule has 0 spiro atoms. The van der Waals surface area contributed by atoms with Crippen LogP contribution in [0.5, 0.6) is 0 Å². The van der Waals surface area contributed by atoms with E-state index in [-0.39, 0.29) is 0 Å². The van der Waals surface area contributed by atoms with E-state index in [2.05, 4.69) is 55.1 Å². The van der Waals surface area contributed by atoms with Crippen LogP contribution in [0, 0.1) is 13.8 Å². The second kappa shape index (κ2) is 5.90. The van der Waals surface area contributed by atoms with Crippen molar-refractivity contribution in [1.82, 2.24) is 4.90 Å². The smallest absolute Gasteiger partial charge is 0.0317 e. The predicted molar refractivity (Wildman–Crippen MR) is 89.0 cm³/mol. The molecule has 0 bridgehead atoms. The van der Waals surface area contributed by atoms with Crippen LogP contribution in [0.2, 0.25) is 0 Å². The van der Waals surface area contributed by atoms with Crippen molar-refractivity contribution < 1.29 is 0 Å². The number of nitrogens with two attached hydrogens (primary N) is 1. The zero-order chi connectivity index (χ0) is 14.8. The van der Waals surface area contributed by atoms with Crippen molar-refractivity contribution in [3.05, 3.63) is 64.7 Å². The largest absolute Gasteiger partial charge is 0.399 e. The summed E-state index contributed by atoms with van der Waals surface area (Å²) >= 11 is 0. The quantitative estimate of drug-likeness (QED) is 0.837. The Balaban J connectivity index is 1.79. The van der Waals surface area contributed by atoms with Gasteiger partial charge in [-0.3, -0.25) is 4.90 Å². The van der Waals surface area contributed by atoms with Gasteiger partial charge in [0.05, 0.1) is 0 Å². The number of hydrogen-bond donors (Lipinski definition) is 1. The first-order valence-corrected chi connectivity index (χ1v) is 7.77. The molecule has 0 aliphatic heterocycles. The number of benzene rings is 2. The van der Waals surface area contributed by atoms with Crippen LogP contribution < -0.4 is 5.73 Å². The number of nitrogen functional groups attached to an aromatic ring is 1. The van der Waals surface area contributed by atoms with Crippen molar-refractivity contribution in [1.29, 1.82) is 0 Å². The lowest BCUT2D eigenvalue weighted by Gasteiger charge is -2.24. The highest BCUT2D eigenvalue weighted by Crippen LogP contribution is 2.31. The van der Waals surface area contributed by atoms with E-state index in [9.17, 15) is 0 Å². The molecule has 0 unspecified atom stereocenters. The number of rotatable bonds is 5. The molecular weight excluding hydrogens is 256 g/mol. The van der Waals surface area contributed by atoms with E-state index in [1.165, 1.54) is 35.1 Å². The van der Waals surface area contributed by atoms with Crippen LogP contribution in [0.1, 0.15) is 35.1 Å². The average molecular weight is 280 g/mol. The van der Waals surface area contributed by atoms with E-state index in [0.717, 1.165) is 24.8 Å². The molecule has 0 atom stereocenters. The highest BCUT2D eigenvalue weighted by atomic mass is 15.2. The van der Waals surface area contributed by atoms with E-state index in [4.69, 9.17) is 5.73 Å². The van der Waals surface area contributed by atoms with Gasteiger partial charge in [-0.25, -0.2) is 0 Å². The van der Waals surface area contributed by atoms with Gasteiger partial charge in [-0.05, 0) is 61.1 Å². The average Bonchev–Trinajstić information content (AvgIpc) is 3.26. The summed E-state index contributed by atoms with van der Waals surface area (Å²) in [7, 11) is 0. The van der Waals surface area contributed by atoms with Crippen molar-refractivity contribution >= 4 is 5.69 Å². The number of hydrogen-bond acceptors (Lipinski definition) is 2. The highest BCUT2D eigenvalue weighted by Gasteiger charge is 2.29. The first kappa shape index (κ1) is 14.2. The lowest BCUT2D eigenvalue weighted by atomic mass is 10.0. The molecule has 0 aromatic heterocycles. The summed E-state index contributed by atoms with van der Waals surface area (Å²) in [4.78, 5) is 2.60. The third-order valence-corrected chi connectivity index (χ3v) is 4.41. The molecule has 2 nitrogen and oxygen atoms in total. The van der Waals surface area contributed by atoms with Crippen LogP contribution in [0.4, 0.5) is 5.69 Å². The molecule has 0 saturated heterocycles. The molecule has 3 rings (SSSR count). The molecule has 1 aliphatic carbocycles. The fourth-order valence-electron chi connectivity index (χ4n) is 2.98. The van der Waals surface area contributed by atoms with Gasteiger partial charge >= 0.3 is 0 Å². The Morgan fingerprint density at radius 2 is 1.67 bits per heavy atom. The van der Waals surface area contributed by atoms with Crippen molar-refractivity contribution in [3.8, 4) is 0 Å². The maximum absolute atomic E-state index is 5.91. The van der Waals surface area contributed by atoms with Gasteiger partial charge in [0.1, 0.15) is 0 Å². The summed E-state index contributed by atoms with van der Waals surface area (Å²) in [5, 5.41) is 0. The van der Waals surface area contributed by atoms with Gasteiger partial charge in [0.25, 0.3) is 0 Å². The molecule has 21 heavy (non-hydrogen) atoms. The van der Waals surface area contributed by atoms with Gasteiger partial charge in [-0.2, -0.15) is 0 Å². The Kier molecular flexibility index (Phi) is 3.98. The molecule has 2 aromatic rings. The van der Waals surface area contributed by atoms with E-state index < -0.39 is 0 Å². The molecule has 2 aromatic carbocycles. The van der Waals surface area contributed by atoms with Gasteiger partial charge < -0.3 is 5.73 Å². The number of aryl methyl sites for hydroxylation is 2. The Bertz CT molecular complexity index is 609. The molecule has 2 N–H and O–H groups in total. The molecule has 0 amide bonds. The zero-order valence-corrected chi connectivity index (χ0v) is 13.0. The zero-order valence-electron chi connectivity index (χ0n) is 13.0. The third kappa shape index (κ3) is 3.45. The minimum atomic E-state index is 0.741. The molecule has 1 aliphatic rings. The first-order chi connectivity index (χ1) is 10.1. The van der Waals surface area contributed by atoms with Gasteiger partial charge in [0, 0.05) is 24.8 Å². The molecule has 0 heterocycles. The minimum Gasteiger partial charge on any atom is -0.399 e. The molecule has 110 valence electrons. The second-order valence-corrected chi connectivity index (χ2v) is 6.25. The minimum absolute atomic E-state index is 0.741. The van der Waals surface area contributed by atoms with Gasteiger partial charge in [-0.15, -0.1) is 0 Å². The lowest BCUT2D eigenvalue weighted by molar-refractivity contribution is 0.245. The number of nitrogens with zero attached hydrogens (tertiary/aromatic N) is 1. The first-order valence-electron chi connectivity index (χ1n) is 7.77. The molecular formula is C19H24N2. The van der Waals surface area contributed by atoms with Crippen LogP contribution in [0.25, 0.3) is 0 Å². The van der Waals surface area contributed by atoms with E-state index in [0.29, 0.717) is 0 Å². The Morgan fingerprint density at radius 3 is 2.29 bits per heavy atom. The van der Waals surface area contributed by atoms with Crippen LogP contribution in [-0.2, 0) is 13.1 Å². The Hall–Kier alpha value is -1.80. The SMILES string of the molecule is Cc1cccc(C)c1CN(Cc1cccc(N)c1)C1CC1. The van der Waals surface area contributed by atoms with E-state index in [1.807, 2.05) is 6.07 Å². The Labute approximate surface area is 127 Å². The summed E-state index contributed by atoms with van der Waals surface area (Å²) in [6, 6.07) is 15.6. The third-order valence-electron chi connectivity index (χ3n) is 4.41. The summed E-state index contributed by atoms with van der Waals surface area (Å²) in [5.74, 6) is 0. The topological polar surface area (TPSA) is 29.3 Å². The molecule has 0 radical (unpaired) electrons. The molecule has 2 heteroatoms. The van der Waals surface area contributed by atoms with Crippen LogP contribution in [0.15, 0.2) is 42.5 Å². The van der Waals surface area contributed by atoms with Gasteiger partial charge in [-0.1, -0.05) is 30.3 Å².